The Morgan fingerprint density at radius 2 is 2.50 bits per heavy atom. The molecule has 0 bridgehead atoms. The van der Waals surface area contributed by atoms with E-state index in [1.165, 1.54) is 11.3 Å². The monoisotopic (exact) mass is 325 g/mol. The SMILES string of the molecule is OC1(CNCc2cc(Br)c(Cl)s2)CCOC1. The Labute approximate surface area is 112 Å². The van der Waals surface area contributed by atoms with Crippen molar-refractivity contribution >= 4 is 38.9 Å². The predicted octanol–water partition coefficient (Wildman–Crippen LogP) is 2.41. The summed E-state index contributed by atoms with van der Waals surface area (Å²) in [6, 6.07) is 2.00. The molecule has 0 radical (unpaired) electrons. The van der Waals surface area contributed by atoms with Crippen molar-refractivity contribution < 1.29 is 9.84 Å². The maximum absolute atomic E-state index is 10.0. The average molecular weight is 327 g/mol. The van der Waals surface area contributed by atoms with Crippen LogP contribution < -0.4 is 5.32 Å². The Hall–Kier alpha value is 0.350. The summed E-state index contributed by atoms with van der Waals surface area (Å²) in [5.41, 5.74) is -0.696. The highest BCUT2D eigenvalue weighted by Gasteiger charge is 2.31. The first-order valence-electron chi connectivity index (χ1n) is 5.04. The van der Waals surface area contributed by atoms with Gasteiger partial charge in [-0.3, -0.25) is 0 Å². The van der Waals surface area contributed by atoms with Crippen molar-refractivity contribution in [3.63, 3.8) is 0 Å². The molecule has 2 heterocycles. The average Bonchev–Trinajstić information content (AvgIpc) is 2.76. The first-order chi connectivity index (χ1) is 7.59. The Balaban J connectivity index is 1.79. The first kappa shape index (κ1) is 12.8. The standard InChI is InChI=1S/C10H13BrClNO2S/c11-8-3-7(16-9(8)12)4-13-5-10(14)1-2-15-6-10/h3,13-14H,1-2,4-6H2. The quantitative estimate of drug-likeness (QED) is 0.893. The van der Waals surface area contributed by atoms with Gasteiger partial charge in [0.1, 0.15) is 9.94 Å². The lowest BCUT2D eigenvalue weighted by molar-refractivity contribution is 0.0269. The maximum Gasteiger partial charge on any atom is 0.107 e. The zero-order valence-electron chi connectivity index (χ0n) is 8.63. The Bertz CT molecular complexity index is 346. The van der Waals surface area contributed by atoms with Crippen LogP contribution in [-0.2, 0) is 11.3 Å². The van der Waals surface area contributed by atoms with Crippen molar-refractivity contribution in [2.45, 2.75) is 18.6 Å². The van der Waals surface area contributed by atoms with Gasteiger partial charge in [0.2, 0.25) is 0 Å². The fourth-order valence-electron chi connectivity index (χ4n) is 1.63. The Morgan fingerprint density at radius 3 is 3.06 bits per heavy atom. The number of nitrogens with one attached hydrogen (secondary N) is 1. The number of thiophene rings is 1. The highest BCUT2D eigenvalue weighted by atomic mass is 79.9. The van der Waals surface area contributed by atoms with Crippen molar-refractivity contribution in [1.29, 1.82) is 0 Å². The summed E-state index contributed by atoms with van der Waals surface area (Å²) < 4.78 is 6.86. The Morgan fingerprint density at radius 1 is 1.69 bits per heavy atom. The van der Waals surface area contributed by atoms with E-state index in [0.717, 1.165) is 20.2 Å². The van der Waals surface area contributed by atoms with Crippen LogP contribution in [0.25, 0.3) is 0 Å². The first-order valence-corrected chi connectivity index (χ1v) is 7.02. The van der Waals surface area contributed by atoms with Crippen molar-refractivity contribution in [1.82, 2.24) is 5.32 Å². The number of aliphatic hydroxyl groups is 1. The molecule has 0 saturated carbocycles. The second kappa shape index (κ2) is 5.33. The molecule has 1 aromatic rings. The van der Waals surface area contributed by atoms with E-state index in [0.29, 0.717) is 26.2 Å². The van der Waals surface area contributed by atoms with Crippen LogP contribution in [-0.4, -0.2) is 30.5 Å². The lowest BCUT2D eigenvalue weighted by Crippen LogP contribution is -2.40. The van der Waals surface area contributed by atoms with E-state index < -0.39 is 5.60 Å². The van der Waals surface area contributed by atoms with Crippen LogP contribution in [0.4, 0.5) is 0 Å². The van der Waals surface area contributed by atoms with Crippen LogP contribution in [0.15, 0.2) is 10.5 Å². The lowest BCUT2D eigenvalue weighted by atomic mass is 10.0. The van der Waals surface area contributed by atoms with Crippen molar-refractivity contribution in [2.75, 3.05) is 19.8 Å². The summed E-state index contributed by atoms with van der Waals surface area (Å²) in [5, 5.41) is 13.2. The molecule has 2 rings (SSSR count). The summed E-state index contributed by atoms with van der Waals surface area (Å²) in [6.07, 6.45) is 0.703. The minimum Gasteiger partial charge on any atom is -0.386 e. The third-order valence-corrected chi connectivity index (χ3v) is 5.01. The molecule has 2 N–H and O–H groups in total. The topological polar surface area (TPSA) is 41.5 Å². The molecule has 6 heteroatoms. The summed E-state index contributed by atoms with van der Waals surface area (Å²) in [4.78, 5) is 1.15. The van der Waals surface area contributed by atoms with E-state index in [1.54, 1.807) is 0 Å². The van der Waals surface area contributed by atoms with Crippen LogP contribution in [0, 0.1) is 0 Å². The summed E-state index contributed by atoms with van der Waals surface area (Å²) in [5.74, 6) is 0. The third kappa shape index (κ3) is 3.18. The molecule has 90 valence electrons. The van der Waals surface area contributed by atoms with E-state index >= 15 is 0 Å². The number of halogens is 2. The number of hydrogen-bond acceptors (Lipinski definition) is 4. The van der Waals surface area contributed by atoms with Crippen LogP contribution in [0.3, 0.4) is 0 Å². The molecular weight excluding hydrogens is 314 g/mol. The minimum absolute atomic E-state index is 0.425. The van der Waals surface area contributed by atoms with Gasteiger partial charge >= 0.3 is 0 Å². The number of ether oxygens (including phenoxy) is 1. The van der Waals surface area contributed by atoms with E-state index in [2.05, 4.69) is 21.2 Å². The van der Waals surface area contributed by atoms with Gasteiger partial charge < -0.3 is 15.2 Å². The zero-order chi connectivity index (χ0) is 11.6. The molecule has 1 aliphatic rings. The van der Waals surface area contributed by atoms with Crippen LogP contribution in [0.1, 0.15) is 11.3 Å². The molecule has 1 saturated heterocycles. The van der Waals surface area contributed by atoms with Crippen LogP contribution in [0.5, 0.6) is 0 Å². The molecule has 0 aliphatic carbocycles. The maximum atomic E-state index is 10.0. The molecule has 3 nitrogen and oxygen atoms in total. The van der Waals surface area contributed by atoms with Gasteiger partial charge in [-0.1, -0.05) is 11.6 Å². The van der Waals surface area contributed by atoms with E-state index in [1.807, 2.05) is 6.07 Å². The minimum atomic E-state index is -0.696. The molecule has 0 amide bonds. The number of hydrogen-bond donors (Lipinski definition) is 2. The van der Waals surface area contributed by atoms with Gasteiger partial charge in [0, 0.05) is 35.5 Å². The smallest absolute Gasteiger partial charge is 0.107 e. The molecule has 1 fully saturated rings. The molecule has 1 atom stereocenters. The van der Waals surface area contributed by atoms with E-state index in [9.17, 15) is 5.11 Å². The predicted molar refractivity (Wildman–Crippen MR) is 69.1 cm³/mol. The van der Waals surface area contributed by atoms with E-state index in [-0.39, 0.29) is 0 Å². The van der Waals surface area contributed by atoms with E-state index in [4.69, 9.17) is 16.3 Å². The highest BCUT2D eigenvalue weighted by molar-refractivity contribution is 9.10. The third-order valence-electron chi connectivity index (χ3n) is 2.53. The molecular formula is C10H13BrClNO2S. The van der Waals surface area contributed by atoms with Crippen LogP contribution >= 0.6 is 38.9 Å². The largest absolute Gasteiger partial charge is 0.386 e. The molecule has 0 aromatic carbocycles. The summed E-state index contributed by atoms with van der Waals surface area (Å²) >= 11 is 10.8. The molecule has 16 heavy (non-hydrogen) atoms. The van der Waals surface area contributed by atoms with Gasteiger partial charge in [-0.05, 0) is 22.0 Å². The normalized spacial score (nSPS) is 25.2. The van der Waals surface area contributed by atoms with Gasteiger partial charge in [0.25, 0.3) is 0 Å². The van der Waals surface area contributed by atoms with Gasteiger partial charge in [-0.15, -0.1) is 11.3 Å². The molecule has 1 aliphatic heterocycles. The van der Waals surface area contributed by atoms with Crippen LogP contribution in [0.2, 0.25) is 4.34 Å². The van der Waals surface area contributed by atoms with Gasteiger partial charge in [-0.25, -0.2) is 0 Å². The second-order valence-electron chi connectivity index (χ2n) is 3.96. The fourth-order valence-corrected chi connectivity index (χ4v) is 3.39. The highest BCUT2D eigenvalue weighted by Crippen LogP contribution is 2.31. The second-order valence-corrected chi connectivity index (χ2v) is 6.56. The summed E-state index contributed by atoms with van der Waals surface area (Å²) in [7, 11) is 0. The van der Waals surface area contributed by atoms with Crippen molar-refractivity contribution in [2.24, 2.45) is 0 Å². The van der Waals surface area contributed by atoms with Crippen molar-refractivity contribution in [3.8, 4) is 0 Å². The van der Waals surface area contributed by atoms with Gasteiger partial charge in [0.15, 0.2) is 0 Å². The fraction of sp³-hybridized carbons (Fsp3) is 0.600. The zero-order valence-corrected chi connectivity index (χ0v) is 11.8. The van der Waals surface area contributed by atoms with Gasteiger partial charge in [0.05, 0.1) is 6.61 Å². The van der Waals surface area contributed by atoms with Gasteiger partial charge in [-0.2, -0.15) is 0 Å². The number of rotatable bonds is 4. The lowest BCUT2D eigenvalue weighted by Gasteiger charge is -2.20. The molecule has 1 aromatic heterocycles. The Kier molecular flexibility index (Phi) is 4.26. The summed E-state index contributed by atoms with van der Waals surface area (Å²) in [6.45, 7) is 2.35. The molecule has 1 unspecified atom stereocenters. The molecule has 0 spiro atoms. The van der Waals surface area contributed by atoms with Crippen molar-refractivity contribution in [3.05, 3.63) is 19.8 Å².